The molecule has 0 saturated carbocycles. The Morgan fingerprint density at radius 3 is 2.28 bits per heavy atom. The van der Waals surface area contributed by atoms with Crippen molar-refractivity contribution < 1.29 is 28.9 Å². The largest absolute Gasteiger partial charge is 0.496 e. The summed E-state index contributed by atoms with van der Waals surface area (Å²) in [5.41, 5.74) is 2.48. The first-order valence-corrected chi connectivity index (χ1v) is 15.8. The van der Waals surface area contributed by atoms with E-state index >= 15 is 0 Å². The van der Waals surface area contributed by atoms with Gasteiger partial charge in [0.1, 0.15) is 23.3 Å². The summed E-state index contributed by atoms with van der Waals surface area (Å²) in [6.07, 6.45) is 1.86. The standard InChI is InChI=1S/C34H29N3O8S/c1-11-8-13-18-21-19(28-27(13)37-14(10-36-28)34(41)42)15(39)9-16(43-3)20(21)25-23-22(18)24(17(11)12(2)38)31(44-4)30(40)26(23)29-33(32(25)45-5)46-7-6-35-29/h8-9,14,17,35-37H,6-7,10H2,1-5H3,(H,41,42). The van der Waals surface area contributed by atoms with E-state index < -0.39 is 17.9 Å². The summed E-state index contributed by atoms with van der Waals surface area (Å²) in [5, 5.41) is 24.1. The first kappa shape index (κ1) is 28.5. The second-order valence-corrected chi connectivity index (χ2v) is 13.0. The van der Waals surface area contributed by atoms with Crippen LogP contribution in [-0.2, 0) is 9.59 Å². The van der Waals surface area contributed by atoms with Crippen LogP contribution >= 0.6 is 11.8 Å². The molecule has 8 rings (SSSR count). The van der Waals surface area contributed by atoms with Gasteiger partial charge in [0.25, 0.3) is 0 Å². The van der Waals surface area contributed by atoms with Crippen molar-refractivity contribution >= 4 is 89.7 Å². The minimum Gasteiger partial charge on any atom is -0.496 e. The molecule has 11 nitrogen and oxygen atoms in total. The monoisotopic (exact) mass is 639 g/mol. The lowest BCUT2D eigenvalue weighted by atomic mass is 9.80. The average molecular weight is 640 g/mol. The molecule has 1 aliphatic carbocycles. The number of fused-ring (bicyclic) bond motifs is 6. The average Bonchev–Trinajstić information content (AvgIpc) is 3.17. The SMILES string of the molecule is COc1c2c3c4c(c5c(c6c(=O)cc(OC)c(c7c(OC)c8c(c(c1=O)c73)NCCS8)c64)NCC(C(=O)O)N5)C=C(C)C2C(C)=O. The molecule has 0 radical (unpaired) electrons. The van der Waals surface area contributed by atoms with E-state index in [1.807, 2.05) is 13.0 Å². The van der Waals surface area contributed by atoms with Crippen LogP contribution in [0.4, 0.5) is 17.1 Å². The number of Topliss-reactive ketones (excluding diaryl/α,β-unsaturated/α-hetero) is 1. The van der Waals surface area contributed by atoms with E-state index in [2.05, 4.69) is 16.0 Å². The summed E-state index contributed by atoms with van der Waals surface area (Å²) in [6, 6.07) is 0.443. The minimum absolute atomic E-state index is 0.0414. The summed E-state index contributed by atoms with van der Waals surface area (Å²) >= 11 is 1.57. The van der Waals surface area contributed by atoms with Gasteiger partial charge >= 0.3 is 5.97 Å². The Labute approximate surface area is 265 Å². The highest BCUT2D eigenvalue weighted by Crippen LogP contribution is 2.59. The van der Waals surface area contributed by atoms with Crippen LogP contribution in [0.15, 0.2) is 26.1 Å². The van der Waals surface area contributed by atoms with Crippen LogP contribution in [0.2, 0.25) is 0 Å². The van der Waals surface area contributed by atoms with Crippen LogP contribution in [0.1, 0.15) is 30.9 Å². The fourth-order valence-corrected chi connectivity index (χ4v) is 8.95. The van der Waals surface area contributed by atoms with Crippen LogP contribution in [0.3, 0.4) is 0 Å². The molecular weight excluding hydrogens is 610 g/mol. The normalized spacial score (nSPS) is 18.4. The topological polar surface area (TPSA) is 152 Å². The number of anilines is 3. The molecule has 2 unspecified atom stereocenters. The predicted molar refractivity (Wildman–Crippen MR) is 181 cm³/mol. The van der Waals surface area contributed by atoms with Crippen molar-refractivity contribution in [2.24, 2.45) is 0 Å². The van der Waals surface area contributed by atoms with Crippen LogP contribution in [-0.4, -0.2) is 63.1 Å². The molecule has 0 saturated heterocycles. The minimum atomic E-state index is -1.06. The Balaban J connectivity index is 1.82. The molecular formula is C34H29N3O8S. The molecule has 234 valence electrons. The number of hydrogen-bond acceptors (Lipinski definition) is 11. The van der Waals surface area contributed by atoms with Gasteiger partial charge in [-0.15, -0.1) is 11.8 Å². The Morgan fingerprint density at radius 2 is 1.61 bits per heavy atom. The maximum absolute atomic E-state index is 14.7. The van der Waals surface area contributed by atoms with Crippen LogP contribution in [0.25, 0.3) is 49.2 Å². The highest BCUT2D eigenvalue weighted by atomic mass is 32.2. The van der Waals surface area contributed by atoms with Crippen molar-refractivity contribution in [2.75, 3.05) is 56.1 Å². The predicted octanol–water partition coefficient (Wildman–Crippen LogP) is 4.82. The van der Waals surface area contributed by atoms with Gasteiger partial charge in [-0.1, -0.05) is 11.6 Å². The zero-order chi connectivity index (χ0) is 32.3. The summed E-state index contributed by atoms with van der Waals surface area (Å²) < 4.78 is 18.0. The third-order valence-electron chi connectivity index (χ3n) is 9.55. The number of aliphatic carboxylic acids is 1. The molecule has 2 atom stereocenters. The fourth-order valence-electron chi connectivity index (χ4n) is 7.91. The molecule has 5 aromatic rings. The van der Waals surface area contributed by atoms with E-state index in [0.717, 1.165) is 10.6 Å². The number of ketones is 1. The second kappa shape index (κ2) is 9.76. The number of ether oxygens (including phenoxy) is 3. The maximum atomic E-state index is 14.7. The van der Waals surface area contributed by atoms with Gasteiger partial charge in [-0.2, -0.15) is 0 Å². The third kappa shape index (κ3) is 3.39. The smallest absolute Gasteiger partial charge is 0.327 e. The summed E-state index contributed by atoms with van der Waals surface area (Å²) in [6.45, 7) is 3.95. The highest BCUT2D eigenvalue weighted by Gasteiger charge is 2.39. The molecule has 0 fully saturated rings. The lowest BCUT2D eigenvalue weighted by Gasteiger charge is -2.31. The number of rotatable bonds is 5. The lowest BCUT2D eigenvalue weighted by Crippen LogP contribution is -2.40. The number of benzene rings is 5. The van der Waals surface area contributed by atoms with E-state index in [1.165, 1.54) is 27.2 Å². The van der Waals surface area contributed by atoms with Crippen molar-refractivity contribution in [3.63, 3.8) is 0 Å². The molecule has 2 heterocycles. The third-order valence-corrected chi connectivity index (χ3v) is 10.6. The number of nitrogens with one attached hydrogen (secondary N) is 3. The van der Waals surface area contributed by atoms with E-state index in [0.29, 0.717) is 94.9 Å². The molecule has 4 N–H and O–H groups in total. The fraction of sp³-hybridized carbons (Fsp3) is 0.294. The van der Waals surface area contributed by atoms with E-state index in [-0.39, 0.29) is 28.9 Å². The molecule has 0 spiro atoms. The number of allylic oxidation sites excluding steroid dienone is 1. The first-order chi connectivity index (χ1) is 22.1. The summed E-state index contributed by atoms with van der Waals surface area (Å²) in [5.74, 6) is -0.491. The molecule has 2 aliphatic heterocycles. The number of carbonyl (C=O) groups is 2. The molecule has 46 heavy (non-hydrogen) atoms. The molecule has 0 bridgehead atoms. The van der Waals surface area contributed by atoms with Crippen molar-refractivity contribution in [1.29, 1.82) is 0 Å². The molecule has 5 aromatic carbocycles. The highest BCUT2D eigenvalue weighted by molar-refractivity contribution is 7.99. The van der Waals surface area contributed by atoms with Crippen LogP contribution in [0.5, 0.6) is 17.2 Å². The summed E-state index contributed by atoms with van der Waals surface area (Å²) in [7, 11) is 4.50. The van der Waals surface area contributed by atoms with Crippen molar-refractivity contribution in [1.82, 2.24) is 0 Å². The molecule has 0 amide bonds. The number of hydrogen-bond donors (Lipinski definition) is 4. The second-order valence-electron chi connectivity index (χ2n) is 11.9. The molecule has 12 heteroatoms. The van der Waals surface area contributed by atoms with Crippen molar-refractivity contribution in [3.05, 3.63) is 43.2 Å². The Bertz CT molecular complexity index is 2390. The Kier molecular flexibility index (Phi) is 6.05. The van der Waals surface area contributed by atoms with Crippen LogP contribution < -0.4 is 41.0 Å². The zero-order valence-electron chi connectivity index (χ0n) is 25.6. The van der Waals surface area contributed by atoms with E-state index in [9.17, 15) is 24.3 Å². The van der Waals surface area contributed by atoms with E-state index in [1.54, 1.807) is 18.9 Å². The quantitative estimate of drug-likeness (QED) is 0.154. The number of carboxylic acids is 1. The Morgan fingerprint density at radius 1 is 0.870 bits per heavy atom. The van der Waals surface area contributed by atoms with E-state index in [4.69, 9.17) is 14.2 Å². The number of methoxy groups -OCH3 is 3. The van der Waals surface area contributed by atoms with Gasteiger partial charge in [-0.3, -0.25) is 14.4 Å². The number of carbonyl (C=O) groups excluding carboxylic acids is 1. The van der Waals surface area contributed by atoms with Gasteiger partial charge < -0.3 is 35.3 Å². The number of thioether (sulfide) groups is 1. The first-order valence-electron chi connectivity index (χ1n) is 14.8. The lowest BCUT2D eigenvalue weighted by molar-refractivity contribution is -0.137. The number of carboxylic acid groups (broad SMARTS) is 1. The van der Waals surface area contributed by atoms with Gasteiger partial charge in [0.15, 0.2) is 11.2 Å². The van der Waals surface area contributed by atoms with Gasteiger partial charge in [0.05, 0.1) is 60.0 Å². The van der Waals surface area contributed by atoms with Gasteiger partial charge in [0, 0.05) is 63.0 Å². The van der Waals surface area contributed by atoms with Gasteiger partial charge in [0.2, 0.25) is 5.43 Å². The maximum Gasteiger partial charge on any atom is 0.327 e. The van der Waals surface area contributed by atoms with Crippen molar-refractivity contribution in [3.8, 4) is 17.2 Å². The molecule has 3 aliphatic rings. The Hall–Kier alpha value is -4.97. The summed E-state index contributed by atoms with van der Waals surface area (Å²) in [4.78, 5) is 55.3. The van der Waals surface area contributed by atoms with Crippen LogP contribution in [0, 0.1) is 0 Å². The zero-order valence-corrected chi connectivity index (χ0v) is 26.5. The van der Waals surface area contributed by atoms with Gasteiger partial charge in [-0.05, 0) is 19.2 Å². The molecule has 0 aromatic heterocycles. The van der Waals surface area contributed by atoms with Crippen molar-refractivity contribution in [2.45, 2.75) is 30.7 Å². The van der Waals surface area contributed by atoms with Gasteiger partial charge in [-0.25, -0.2) is 4.79 Å².